The maximum absolute atomic E-state index is 4.82. The Morgan fingerprint density at radius 2 is 1.90 bits per heavy atom. The van der Waals surface area contributed by atoms with Gasteiger partial charge in [-0.05, 0) is 24.2 Å². The van der Waals surface area contributed by atoms with Crippen LogP contribution in [0.25, 0.3) is 0 Å². The van der Waals surface area contributed by atoms with Crippen molar-refractivity contribution < 1.29 is 0 Å². The molecule has 2 rings (SSSR count). The van der Waals surface area contributed by atoms with E-state index in [1.54, 1.807) is 11.3 Å². The fraction of sp³-hybridized carbons (Fsp3) is 0.471. The van der Waals surface area contributed by atoms with E-state index in [0.29, 0.717) is 6.04 Å². The molecule has 1 unspecified atom stereocenters. The first-order valence-electron chi connectivity index (χ1n) is 7.34. The Balaban J connectivity index is 2.16. The van der Waals surface area contributed by atoms with E-state index in [0.717, 1.165) is 17.4 Å². The van der Waals surface area contributed by atoms with E-state index < -0.39 is 0 Å². The van der Waals surface area contributed by atoms with E-state index >= 15 is 0 Å². The number of hydrogen-bond acceptors (Lipinski definition) is 3. The molecule has 0 radical (unpaired) electrons. The first-order valence-corrected chi connectivity index (χ1v) is 9.01. The lowest BCUT2D eigenvalue weighted by Gasteiger charge is -2.18. The van der Waals surface area contributed by atoms with Gasteiger partial charge in [0.2, 0.25) is 0 Å². The second-order valence-electron chi connectivity index (χ2n) is 6.24. The number of nitrogens with one attached hydrogen (secondary N) is 1. The average Bonchev–Trinajstić information content (AvgIpc) is 2.88. The van der Waals surface area contributed by atoms with Crippen LogP contribution >= 0.6 is 27.3 Å². The topological polar surface area (TPSA) is 24.9 Å². The Labute approximate surface area is 140 Å². The molecule has 0 amide bonds. The van der Waals surface area contributed by atoms with Crippen LogP contribution in [0.1, 0.15) is 50.0 Å². The first kappa shape index (κ1) is 16.7. The van der Waals surface area contributed by atoms with Gasteiger partial charge in [0.1, 0.15) is 0 Å². The molecule has 0 aliphatic heterocycles. The number of thiazole rings is 1. The maximum Gasteiger partial charge on any atom is 0.0947 e. The highest BCUT2D eigenvalue weighted by Gasteiger charge is 2.19. The second kappa shape index (κ2) is 7.03. The molecule has 1 aromatic heterocycles. The van der Waals surface area contributed by atoms with Gasteiger partial charge in [0.05, 0.1) is 10.7 Å². The molecular formula is C17H23BrN2S. The largest absolute Gasteiger partial charge is 0.310 e. The predicted molar refractivity (Wildman–Crippen MR) is 95.1 cm³/mol. The number of benzene rings is 1. The Kier molecular flexibility index (Phi) is 5.58. The molecule has 0 aliphatic rings. The lowest BCUT2D eigenvalue weighted by atomic mass is 9.93. The molecule has 0 saturated heterocycles. The van der Waals surface area contributed by atoms with Crippen LogP contribution in [0.4, 0.5) is 0 Å². The van der Waals surface area contributed by atoms with Crippen molar-refractivity contribution in [1.29, 1.82) is 0 Å². The zero-order valence-electron chi connectivity index (χ0n) is 13.1. The lowest BCUT2D eigenvalue weighted by molar-refractivity contribution is 0.539. The standard InChI is InChI=1S/C17H23BrN2S/c1-5-19-14(12-6-8-13(18)9-7-12)10-16-20-15(11-21-16)17(2,3)4/h6-9,11,14,19H,5,10H2,1-4H3. The van der Waals surface area contributed by atoms with Crippen LogP contribution < -0.4 is 5.32 Å². The minimum absolute atomic E-state index is 0.125. The van der Waals surface area contributed by atoms with Crippen molar-refractivity contribution in [2.75, 3.05) is 6.54 Å². The third-order valence-corrected chi connectivity index (χ3v) is 4.82. The number of hydrogen-bond donors (Lipinski definition) is 1. The van der Waals surface area contributed by atoms with Crippen LogP contribution in [0, 0.1) is 0 Å². The van der Waals surface area contributed by atoms with Crippen LogP contribution in [0.3, 0.4) is 0 Å². The summed E-state index contributed by atoms with van der Waals surface area (Å²) in [5, 5.41) is 6.96. The van der Waals surface area contributed by atoms with Gasteiger partial charge in [0, 0.05) is 27.7 Å². The fourth-order valence-corrected chi connectivity index (χ4v) is 3.51. The average molecular weight is 367 g/mol. The highest BCUT2D eigenvalue weighted by Crippen LogP contribution is 2.27. The summed E-state index contributed by atoms with van der Waals surface area (Å²) in [6.45, 7) is 9.74. The summed E-state index contributed by atoms with van der Waals surface area (Å²) in [7, 11) is 0. The van der Waals surface area contributed by atoms with Crippen molar-refractivity contribution in [3.05, 3.63) is 50.4 Å². The zero-order valence-corrected chi connectivity index (χ0v) is 15.5. The molecule has 0 bridgehead atoms. The fourth-order valence-electron chi connectivity index (χ4n) is 2.17. The third-order valence-electron chi connectivity index (χ3n) is 3.42. The maximum atomic E-state index is 4.82. The number of nitrogens with zero attached hydrogens (tertiary/aromatic N) is 1. The van der Waals surface area contributed by atoms with E-state index in [1.165, 1.54) is 16.3 Å². The Morgan fingerprint density at radius 3 is 2.43 bits per heavy atom. The Hall–Kier alpha value is -0.710. The minimum Gasteiger partial charge on any atom is -0.310 e. The molecule has 21 heavy (non-hydrogen) atoms. The van der Waals surface area contributed by atoms with Crippen LogP contribution in [0.2, 0.25) is 0 Å². The molecule has 0 spiro atoms. The number of likely N-dealkylation sites (N-methyl/N-ethyl adjacent to an activating group) is 1. The Morgan fingerprint density at radius 1 is 1.24 bits per heavy atom. The molecule has 0 aliphatic carbocycles. The van der Waals surface area contributed by atoms with Crippen molar-refractivity contribution in [3.8, 4) is 0 Å². The molecule has 2 aromatic rings. The van der Waals surface area contributed by atoms with Gasteiger partial charge in [-0.2, -0.15) is 0 Å². The van der Waals surface area contributed by atoms with E-state index in [1.807, 2.05) is 0 Å². The van der Waals surface area contributed by atoms with E-state index in [4.69, 9.17) is 4.98 Å². The van der Waals surface area contributed by atoms with Crippen LogP contribution in [-0.4, -0.2) is 11.5 Å². The molecule has 4 heteroatoms. The van der Waals surface area contributed by atoms with Gasteiger partial charge in [-0.1, -0.05) is 55.8 Å². The lowest BCUT2D eigenvalue weighted by Crippen LogP contribution is -2.23. The summed E-state index contributed by atoms with van der Waals surface area (Å²) < 4.78 is 1.12. The van der Waals surface area contributed by atoms with Crippen molar-refractivity contribution in [1.82, 2.24) is 10.3 Å². The molecule has 0 saturated carbocycles. The molecule has 1 atom stereocenters. The summed E-state index contributed by atoms with van der Waals surface area (Å²) in [5.74, 6) is 0. The van der Waals surface area contributed by atoms with Crippen LogP contribution in [0.15, 0.2) is 34.1 Å². The number of rotatable bonds is 5. The Bertz CT molecular complexity index is 569. The van der Waals surface area contributed by atoms with Gasteiger partial charge >= 0.3 is 0 Å². The summed E-state index contributed by atoms with van der Waals surface area (Å²) in [6, 6.07) is 8.87. The van der Waals surface area contributed by atoms with E-state index in [2.05, 4.69) is 78.6 Å². The van der Waals surface area contributed by atoms with Gasteiger partial charge in [-0.15, -0.1) is 11.3 Å². The van der Waals surface area contributed by atoms with Gasteiger partial charge < -0.3 is 5.32 Å². The SMILES string of the molecule is CCNC(Cc1nc(C(C)(C)C)cs1)c1ccc(Br)cc1. The first-order chi connectivity index (χ1) is 9.90. The highest BCUT2D eigenvalue weighted by atomic mass is 79.9. The third kappa shape index (κ3) is 4.63. The number of halogens is 1. The summed E-state index contributed by atoms with van der Waals surface area (Å²) in [5.41, 5.74) is 2.63. The van der Waals surface area contributed by atoms with Crippen molar-refractivity contribution in [2.24, 2.45) is 0 Å². The van der Waals surface area contributed by atoms with E-state index in [9.17, 15) is 0 Å². The van der Waals surface area contributed by atoms with Gasteiger partial charge in [0.15, 0.2) is 0 Å². The van der Waals surface area contributed by atoms with Crippen molar-refractivity contribution in [3.63, 3.8) is 0 Å². The number of aromatic nitrogens is 1. The molecule has 114 valence electrons. The molecular weight excluding hydrogens is 344 g/mol. The predicted octanol–water partition coefficient (Wildman–Crippen LogP) is 5.10. The van der Waals surface area contributed by atoms with Crippen molar-refractivity contribution >= 4 is 27.3 Å². The van der Waals surface area contributed by atoms with Crippen LogP contribution in [0.5, 0.6) is 0 Å². The van der Waals surface area contributed by atoms with Gasteiger partial charge in [0.25, 0.3) is 0 Å². The molecule has 0 fully saturated rings. The zero-order chi connectivity index (χ0) is 15.5. The van der Waals surface area contributed by atoms with Crippen molar-refractivity contribution in [2.45, 2.75) is 45.6 Å². The van der Waals surface area contributed by atoms with Gasteiger partial charge in [-0.25, -0.2) is 4.98 Å². The monoisotopic (exact) mass is 366 g/mol. The molecule has 1 aromatic carbocycles. The smallest absolute Gasteiger partial charge is 0.0947 e. The van der Waals surface area contributed by atoms with Gasteiger partial charge in [-0.3, -0.25) is 0 Å². The normalized spacial score (nSPS) is 13.4. The highest BCUT2D eigenvalue weighted by molar-refractivity contribution is 9.10. The summed E-state index contributed by atoms with van der Waals surface area (Å²) in [4.78, 5) is 4.82. The molecule has 1 heterocycles. The second-order valence-corrected chi connectivity index (χ2v) is 8.10. The minimum atomic E-state index is 0.125. The molecule has 1 N–H and O–H groups in total. The van der Waals surface area contributed by atoms with Crippen LogP contribution in [-0.2, 0) is 11.8 Å². The molecule has 2 nitrogen and oxygen atoms in total. The summed E-state index contributed by atoms with van der Waals surface area (Å²) >= 11 is 5.26. The summed E-state index contributed by atoms with van der Waals surface area (Å²) in [6.07, 6.45) is 0.941. The quantitative estimate of drug-likeness (QED) is 0.796. The van der Waals surface area contributed by atoms with E-state index in [-0.39, 0.29) is 5.41 Å².